The molecule has 3 N–H and O–H groups in total. The number of hydrogen-bond donors (Lipinski definition) is 3. The van der Waals surface area contributed by atoms with E-state index in [1.54, 1.807) is 7.05 Å². The van der Waals surface area contributed by atoms with Crippen molar-refractivity contribution in [1.82, 2.24) is 21.2 Å². The lowest BCUT2D eigenvalue weighted by Crippen LogP contribution is -2.44. The molecule has 0 fully saturated rings. The van der Waals surface area contributed by atoms with Crippen LogP contribution in [0.5, 0.6) is 0 Å². The van der Waals surface area contributed by atoms with Crippen molar-refractivity contribution in [1.29, 1.82) is 0 Å². The van der Waals surface area contributed by atoms with Crippen molar-refractivity contribution >= 4 is 0 Å². The van der Waals surface area contributed by atoms with Crippen LogP contribution in [0.25, 0.3) is 0 Å². The highest BCUT2D eigenvalue weighted by Gasteiger charge is 2.01. The van der Waals surface area contributed by atoms with Gasteiger partial charge in [-0.1, -0.05) is 5.28 Å². The molecule has 74 valence electrons. The summed E-state index contributed by atoms with van der Waals surface area (Å²) in [5.41, 5.74) is 1.35. The fraction of sp³-hybridized carbons (Fsp3) is 1.00. The highest BCUT2D eigenvalue weighted by molar-refractivity contribution is 4.46. The zero-order valence-electron chi connectivity index (χ0n) is 7.58. The van der Waals surface area contributed by atoms with Gasteiger partial charge in [0.25, 0.3) is 0 Å². The lowest BCUT2D eigenvalue weighted by atomic mass is 10.3. The van der Waals surface area contributed by atoms with Gasteiger partial charge in [-0.05, 0) is 26.4 Å². The summed E-state index contributed by atoms with van der Waals surface area (Å²) in [7, 11) is 3.52. The molecule has 0 aromatic heterocycles. The molecule has 0 spiro atoms. The van der Waals surface area contributed by atoms with Crippen LogP contribution in [0.4, 0.5) is 0 Å². The van der Waals surface area contributed by atoms with Crippen LogP contribution in [0.2, 0.25) is 0 Å². The minimum absolute atomic E-state index is 0.430. The van der Waals surface area contributed by atoms with Gasteiger partial charge in [-0.2, -0.15) is 0 Å². The second-order valence-electron chi connectivity index (χ2n) is 2.57. The largest absolute Gasteiger partial charge is 0.772 e. The number of hydrogen-bond acceptors (Lipinski definition) is 6. The van der Waals surface area contributed by atoms with Gasteiger partial charge in [0.1, 0.15) is 0 Å². The summed E-state index contributed by atoms with van der Waals surface area (Å²) in [6.45, 7) is 1.59. The first-order chi connectivity index (χ1) is 5.72. The van der Waals surface area contributed by atoms with E-state index in [0.717, 1.165) is 19.4 Å². The first-order valence-electron chi connectivity index (χ1n) is 3.94. The molecule has 0 radical (unpaired) electrons. The molecule has 0 aliphatic carbocycles. The Bertz CT molecular complexity index is 104. The molecule has 0 saturated carbocycles. The van der Waals surface area contributed by atoms with E-state index in [1.807, 2.05) is 7.05 Å². The van der Waals surface area contributed by atoms with Gasteiger partial charge in [-0.3, -0.25) is 10.8 Å². The van der Waals surface area contributed by atoms with Gasteiger partial charge in [0, 0.05) is 13.6 Å². The van der Waals surface area contributed by atoms with E-state index in [0.29, 0.717) is 11.8 Å². The minimum atomic E-state index is 0.430. The molecule has 12 heavy (non-hydrogen) atoms. The molecule has 0 rings (SSSR count). The molecule has 0 heterocycles. The van der Waals surface area contributed by atoms with Crippen LogP contribution in [0.15, 0.2) is 0 Å². The Kier molecular flexibility index (Phi) is 7.26. The molecular weight excluding hydrogens is 160 g/mol. The van der Waals surface area contributed by atoms with Crippen molar-refractivity contribution in [2.75, 3.05) is 27.2 Å². The zero-order chi connectivity index (χ0) is 9.40. The van der Waals surface area contributed by atoms with Crippen LogP contribution < -0.4 is 10.9 Å². The number of nitrogens with one attached hydrogen (secondary N) is 2. The van der Waals surface area contributed by atoms with Crippen LogP contribution in [0.1, 0.15) is 12.8 Å². The predicted molar refractivity (Wildman–Crippen MR) is 45.9 cm³/mol. The number of nitrogens with zero attached hydrogens (tertiary/aromatic N) is 2. The van der Waals surface area contributed by atoms with Crippen LogP contribution in [0.3, 0.4) is 0 Å². The molecule has 0 atom stereocenters. The average Bonchev–Trinajstić information content (AvgIpc) is 2.10. The normalized spacial score (nSPS) is 11.5. The summed E-state index contributed by atoms with van der Waals surface area (Å²) >= 11 is 0. The molecule has 0 aromatic carbocycles. The molecule has 0 aliphatic heterocycles. The van der Waals surface area contributed by atoms with Crippen molar-refractivity contribution in [3.63, 3.8) is 0 Å². The van der Waals surface area contributed by atoms with E-state index in [9.17, 15) is 5.21 Å². The van der Waals surface area contributed by atoms with Crippen molar-refractivity contribution in [2.24, 2.45) is 0 Å². The smallest absolute Gasteiger partial charge is 0.0166 e. The molecule has 6 nitrogen and oxygen atoms in total. The zero-order valence-corrected chi connectivity index (χ0v) is 7.58. The van der Waals surface area contributed by atoms with E-state index in [-0.39, 0.29) is 0 Å². The van der Waals surface area contributed by atoms with Gasteiger partial charge >= 0.3 is 0 Å². The summed E-state index contributed by atoms with van der Waals surface area (Å²) < 4.78 is 0. The van der Waals surface area contributed by atoms with Crippen LogP contribution in [-0.2, 0) is 0 Å². The first kappa shape index (κ1) is 11.8. The Morgan fingerprint density at radius 2 is 2.08 bits per heavy atom. The Labute approximate surface area is 72.6 Å². The standard InChI is InChI=1S/C6H17N4O2/c1-7-5-3-4-6-9(2)10(12)8-11/h7-8,12H,3-6H2,1-2H3/q-1. The fourth-order valence-electron chi connectivity index (χ4n) is 0.807. The Morgan fingerprint density at radius 1 is 1.42 bits per heavy atom. The van der Waals surface area contributed by atoms with Gasteiger partial charge in [0.15, 0.2) is 0 Å². The van der Waals surface area contributed by atoms with E-state index in [2.05, 4.69) is 5.32 Å². The van der Waals surface area contributed by atoms with Crippen molar-refractivity contribution in [2.45, 2.75) is 12.8 Å². The lowest BCUT2D eigenvalue weighted by molar-refractivity contribution is -0.263. The molecule has 0 aliphatic rings. The van der Waals surface area contributed by atoms with Crippen molar-refractivity contribution in [3.05, 3.63) is 5.21 Å². The average molecular weight is 177 g/mol. The summed E-state index contributed by atoms with van der Waals surface area (Å²) in [5.74, 6) is 0. The maximum Gasteiger partial charge on any atom is 0.0166 e. The summed E-state index contributed by atoms with van der Waals surface area (Å²) in [5, 5.41) is 23.6. The molecule has 0 amide bonds. The summed E-state index contributed by atoms with van der Waals surface area (Å²) in [4.78, 5) is 0. The van der Waals surface area contributed by atoms with Gasteiger partial charge in [-0.15, -0.1) is 0 Å². The van der Waals surface area contributed by atoms with E-state index < -0.39 is 0 Å². The fourth-order valence-corrected chi connectivity index (χ4v) is 0.807. The second kappa shape index (κ2) is 7.41. The molecule has 0 aromatic rings. The third-order valence-corrected chi connectivity index (χ3v) is 1.56. The summed E-state index contributed by atoms with van der Waals surface area (Å²) in [6, 6.07) is 0. The number of hydrazine groups is 2. The summed E-state index contributed by atoms with van der Waals surface area (Å²) in [6.07, 6.45) is 1.95. The van der Waals surface area contributed by atoms with Crippen molar-refractivity contribution in [3.8, 4) is 0 Å². The van der Waals surface area contributed by atoms with E-state index in [1.165, 1.54) is 10.6 Å². The van der Waals surface area contributed by atoms with Crippen LogP contribution in [-0.4, -0.2) is 42.7 Å². The van der Waals surface area contributed by atoms with E-state index in [4.69, 9.17) is 5.21 Å². The Balaban J connectivity index is 3.24. The third kappa shape index (κ3) is 5.42. The van der Waals surface area contributed by atoms with Crippen LogP contribution >= 0.6 is 0 Å². The predicted octanol–water partition coefficient (Wildman–Crippen LogP) is -0.474. The highest BCUT2D eigenvalue weighted by atomic mass is 16.7. The topological polar surface area (TPSA) is 73.8 Å². The minimum Gasteiger partial charge on any atom is -0.772 e. The lowest BCUT2D eigenvalue weighted by Gasteiger charge is -2.28. The monoisotopic (exact) mass is 177 g/mol. The van der Waals surface area contributed by atoms with Gasteiger partial charge in [-0.25, -0.2) is 5.01 Å². The van der Waals surface area contributed by atoms with E-state index >= 15 is 0 Å². The number of unbranched alkanes of at least 4 members (excludes halogenated alkanes) is 1. The molecule has 0 unspecified atom stereocenters. The third-order valence-electron chi connectivity index (χ3n) is 1.56. The first-order valence-corrected chi connectivity index (χ1v) is 3.94. The maximum atomic E-state index is 9.93. The number of rotatable bonds is 7. The van der Waals surface area contributed by atoms with Gasteiger partial charge in [0.05, 0.1) is 0 Å². The SMILES string of the molecule is CNCCCCN(C)N(O)N[O-]. The maximum absolute atomic E-state index is 9.93. The van der Waals surface area contributed by atoms with Crippen LogP contribution in [0, 0.1) is 5.21 Å². The highest BCUT2D eigenvalue weighted by Crippen LogP contribution is 1.92. The molecule has 0 bridgehead atoms. The van der Waals surface area contributed by atoms with Crippen molar-refractivity contribution < 1.29 is 5.21 Å². The van der Waals surface area contributed by atoms with Gasteiger partial charge in [0.2, 0.25) is 0 Å². The molecule has 6 heteroatoms. The second-order valence-corrected chi connectivity index (χ2v) is 2.57. The quantitative estimate of drug-likeness (QED) is 0.360. The molecular formula is C6H17N4O2-. The Morgan fingerprint density at radius 3 is 2.58 bits per heavy atom. The Hall–Kier alpha value is -0.240. The molecule has 0 saturated heterocycles. The van der Waals surface area contributed by atoms with Gasteiger partial charge < -0.3 is 10.5 Å².